The normalized spacial score (nSPS) is 25.5. The lowest BCUT2D eigenvalue weighted by molar-refractivity contribution is 0.0768. The number of ether oxygens (including phenoxy) is 1. The Morgan fingerprint density at radius 1 is 1.16 bits per heavy atom. The molecular weight excluding hydrogens is 356 g/mol. The first-order chi connectivity index (χ1) is 11.7. The van der Waals surface area contributed by atoms with E-state index in [1.165, 1.54) is 5.56 Å². The van der Waals surface area contributed by atoms with Crippen LogP contribution in [0.5, 0.6) is 5.75 Å². The van der Waals surface area contributed by atoms with Crippen molar-refractivity contribution in [3.05, 3.63) is 52.2 Å². The average molecular weight is 379 g/mol. The highest BCUT2D eigenvalue weighted by Crippen LogP contribution is 2.44. The van der Waals surface area contributed by atoms with E-state index in [9.17, 15) is 4.79 Å². The number of carbonyl (C=O) groups excluding carboxylic acids is 1. The second-order valence-electron chi connectivity index (χ2n) is 6.80. The largest absolute Gasteiger partial charge is 0.497 e. The summed E-state index contributed by atoms with van der Waals surface area (Å²) in [5.41, 5.74) is 2.14. The van der Waals surface area contributed by atoms with E-state index in [2.05, 4.69) is 24.1 Å². The molecule has 0 aliphatic carbocycles. The van der Waals surface area contributed by atoms with Gasteiger partial charge in [-0.25, -0.2) is 0 Å². The van der Waals surface area contributed by atoms with E-state index in [0.717, 1.165) is 30.9 Å². The van der Waals surface area contributed by atoms with Crippen molar-refractivity contribution < 1.29 is 9.53 Å². The molecule has 4 rings (SSSR count). The molecule has 2 aliphatic heterocycles. The van der Waals surface area contributed by atoms with Crippen molar-refractivity contribution in [2.75, 3.05) is 33.8 Å². The molecule has 2 aliphatic rings. The second kappa shape index (κ2) is 7.36. The predicted octanol–water partition coefficient (Wildman–Crippen LogP) is 3.55. The van der Waals surface area contributed by atoms with Crippen molar-refractivity contribution in [3.8, 4) is 5.75 Å². The lowest BCUT2D eigenvalue weighted by atomic mass is 9.89. The van der Waals surface area contributed by atoms with E-state index < -0.39 is 0 Å². The summed E-state index contributed by atoms with van der Waals surface area (Å²) in [7, 11) is 3.88. The Morgan fingerprint density at radius 3 is 2.56 bits per heavy atom. The quantitative estimate of drug-likeness (QED) is 0.818. The van der Waals surface area contributed by atoms with Crippen molar-refractivity contribution in [1.29, 1.82) is 0 Å². The summed E-state index contributed by atoms with van der Waals surface area (Å²) in [5.74, 6) is 2.13. The summed E-state index contributed by atoms with van der Waals surface area (Å²) in [5, 5.41) is 3.92. The van der Waals surface area contributed by atoms with Crippen molar-refractivity contribution in [2.24, 2.45) is 11.8 Å². The van der Waals surface area contributed by atoms with Crippen molar-refractivity contribution >= 4 is 29.7 Å². The van der Waals surface area contributed by atoms with Crippen molar-refractivity contribution in [2.45, 2.75) is 6.04 Å². The molecule has 2 fully saturated rings. The van der Waals surface area contributed by atoms with Gasteiger partial charge in [0, 0.05) is 37.0 Å². The molecule has 0 spiro atoms. The first kappa shape index (κ1) is 18.2. The van der Waals surface area contributed by atoms with Crippen LogP contribution in [0.3, 0.4) is 0 Å². The smallest absolute Gasteiger partial charge is 0.254 e. The van der Waals surface area contributed by atoms with Crippen LogP contribution in [-0.2, 0) is 0 Å². The highest BCUT2D eigenvalue weighted by molar-refractivity contribution is 7.08. The van der Waals surface area contributed by atoms with Crippen LogP contribution in [-0.4, -0.2) is 49.5 Å². The van der Waals surface area contributed by atoms with E-state index in [1.807, 2.05) is 33.9 Å². The Morgan fingerprint density at radius 2 is 1.92 bits per heavy atom. The van der Waals surface area contributed by atoms with Gasteiger partial charge in [-0.3, -0.25) is 9.69 Å². The highest BCUT2D eigenvalue weighted by atomic mass is 35.5. The number of rotatable bonds is 3. The minimum atomic E-state index is 0. The number of thiophene rings is 1. The first-order valence-electron chi connectivity index (χ1n) is 8.33. The van der Waals surface area contributed by atoms with E-state index >= 15 is 0 Å². The Hall–Kier alpha value is -1.56. The molecular formula is C19H23ClN2O2S. The fourth-order valence-corrected chi connectivity index (χ4v) is 4.92. The molecule has 1 aromatic carbocycles. The molecule has 0 saturated carbocycles. The number of carbonyl (C=O) groups is 1. The molecule has 4 nitrogen and oxygen atoms in total. The van der Waals surface area contributed by atoms with Crippen LogP contribution < -0.4 is 4.74 Å². The SMILES string of the molecule is COc1ccc([C@H]2[C@@H]3CN(C(=O)c4ccsc4)C[C@@H]3CN2C)cc1.Cl. The number of hydrogen-bond acceptors (Lipinski definition) is 4. The van der Waals surface area contributed by atoms with Gasteiger partial charge < -0.3 is 9.64 Å². The average Bonchev–Trinajstić information content (AvgIpc) is 3.30. The van der Waals surface area contributed by atoms with Gasteiger partial charge >= 0.3 is 0 Å². The molecule has 2 aromatic rings. The third-order valence-electron chi connectivity index (χ3n) is 5.41. The summed E-state index contributed by atoms with van der Waals surface area (Å²) in [6.45, 7) is 2.77. The molecule has 6 heteroatoms. The molecule has 134 valence electrons. The summed E-state index contributed by atoms with van der Waals surface area (Å²) >= 11 is 1.58. The number of amides is 1. The summed E-state index contributed by atoms with van der Waals surface area (Å²) < 4.78 is 5.27. The Kier molecular flexibility index (Phi) is 5.37. The third kappa shape index (κ3) is 3.28. The maximum Gasteiger partial charge on any atom is 0.254 e. The van der Waals surface area contributed by atoms with Crippen LogP contribution in [0.1, 0.15) is 22.0 Å². The van der Waals surface area contributed by atoms with Gasteiger partial charge in [0.05, 0.1) is 12.7 Å². The number of fused-ring (bicyclic) bond motifs is 1. The van der Waals surface area contributed by atoms with Crippen molar-refractivity contribution in [3.63, 3.8) is 0 Å². The summed E-state index contributed by atoms with van der Waals surface area (Å²) in [4.78, 5) is 17.1. The van der Waals surface area contributed by atoms with Gasteiger partial charge in [-0.05, 0) is 42.1 Å². The predicted molar refractivity (Wildman–Crippen MR) is 103 cm³/mol. The van der Waals surface area contributed by atoms with Gasteiger partial charge in [-0.1, -0.05) is 12.1 Å². The Labute approximate surface area is 158 Å². The van der Waals surface area contributed by atoms with Gasteiger partial charge in [-0.15, -0.1) is 12.4 Å². The molecule has 0 bridgehead atoms. The summed E-state index contributed by atoms with van der Waals surface area (Å²) in [6, 6.07) is 10.7. The zero-order valence-corrected chi connectivity index (χ0v) is 16.1. The Bertz CT molecular complexity index is 720. The third-order valence-corrected chi connectivity index (χ3v) is 6.09. The molecule has 0 unspecified atom stereocenters. The zero-order chi connectivity index (χ0) is 16.7. The van der Waals surface area contributed by atoms with Gasteiger partial charge in [0.25, 0.3) is 5.91 Å². The van der Waals surface area contributed by atoms with Crippen LogP contribution in [0, 0.1) is 11.8 Å². The zero-order valence-electron chi connectivity index (χ0n) is 14.4. The summed E-state index contributed by atoms with van der Waals surface area (Å²) in [6.07, 6.45) is 0. The molecule has 3 heterocycles. The van der Waals surface area contributed by atoms with Crippen LogP contribution in [0.15, 0.2) is 41.1 Å². The molecule has 0 radical (unpaired) electrons. The fraction of sp³-hybridized carbons (Fsp3) is 0.421. The molecule has 1 aromatic heterocycles. The lowest BCUT2D eigenvalue weighted by Crippen LogP contribution is -2.33. The Balaban J connectivity index is 0.00000182. The maximum atomic E-state index is 12.6. The van der Waals surface area contributed by atoms with E-state index in [1.54, 1.807) is 18.4 Å². The monoisotopic (exact) mass is 378 g/mol. The minimum absolute atomic E-state index is 0. The van der Waals surface area contributed by atoms with E-state index in [0.29, 0.717) is 17.9 Å². The van der Waals surface area contributed by atoms with Gasteiger partial charge in [0.15, 0.2) is 0 Å². The minimum Gasteiger partial charge on any atom is -0.497 e. The maximum absolute atomic E-state index is 12.6. The molecule has 3 atom stereocenters. The number of nitrogens with zero attached hydrogens (tertiary/aromatic N) is 2. The molecule has 2 saturated heterocycles. The first-order valence-corrected chi connectivity index (χ1v) is 9.27. The number of halogens is 1. The molecule has 1 amide bonds. The second-order valence-corrected chi connectivity index (χ2v) is 7.58. The van der Waals surface area contributed by atoms with Gasteiger partial charge in [0.1, 0.15) is 5.75 Å². The highest BCUT2D eigenvalue weighted by Gasteiger charge is 2.47. The number of likely N-dealkylation sites (tertiary alicyclic amines) is 2. The number of methoxy groups -OCH3 is 1. The fourth-order valence-electron chi connectivity index (χ4n) is 4.29. The molecule has 0 N–H and O–H groups in total. The lowest BCUT2D eigenvalue weighted by Gasteiger charge is -2.27. The van der Waals surface area contributed by atoms with Gasteiger partial charge in [-0.2, -0.15) is 11.3 Å². The van der Waals surface area contributed by atoms with Crippen molar-refractivity contribution in [1.82, 2.24) is 9.80 Å². The molecule has 25 heavy (non-hydrogen) atoms. The number of benzene rings is 1. The number of hydrogen-bond donors (Lipinski definition) is 0. The standard InChI is InChI=1S/C19H22N2O2S.ClH/c1-20-9-15-10-21(19(22)14-7-8-24-12-14)11-17(15)18(20)13-3-5-16(23-2)6-4-13;/h3-8,12,15,17-18H,9-11H2,1-2H3;1H/t15-,17+,18-;/m0./s1. The topological polar surface area (TPSA) is 32.8 Å². The van der Waals surface area contributed by atoms with Crippen LogP contribution in [0.25, 0.3) is 0 Å². The van der Waals surface area contributed by atoms with Crippen LogP contribution in [0.2, 0.25) is 0 Å². The van der Waals surface area contributed by atoms with Crippen LogP contribution in [0.4, 0.5) is 0 Å². The van der Waals surface area contributed by atoms with Crippen LogP contribution >= 0.6 is 23.7 Å². The van der Waals surface area contributed by atoms with E-state index in [-0.39, 0.29) is 18.3 Å². The van der Waals surface area contributed by atoms with E-state index in [4.69, 9.17) is 4.74 Å². The van der Waals surface area contributed by atoms with Gasteiger partial charge in [0.2, 0.25) is 0 Å².